The van der Waals surface area contributed by atoms with E-state index in [1.807, 2.05) is 0 Å². The Hall–Kier alpha value is -0.820. The summed E-state index contributed by atoms with van der Waals surface area (Å²) in [6.07, 6.45) is 13.8. The number of rotatable bonds is 4. The molecule has 1 aromatic carbocycles. The van der Waals surface area contributed by atoms with Crippen molar-refractivity contribution in [3.05, 3.63) is 35.4 Å². The highest BCUT2D eigenvalue weighted by atomic mass is 14.6. The summed E-state index contributed by atoms with van der Waals surface area (Å²) in [6, 6.07) is 9.47. The molecule has 2 aliphatic carbocycles. The van der Waals surface area contributed by atoms with Crippen LogP contribution in [-0.2, 0) is 0 Å². The zero-order chi connectivity index (χ0) is 13.8. The van der Waals surface area contributed by atoms with E-state index in [0.717, 1.165) is 11.8 Å². The highest BCUT2D eigenvalue weighted by Gasteiger charge is 2.20. The molecule has 1 heteroatoms. The maximum atomic E-state index is 6.45. The molecule has 2 aliphatic rings. The Bertz CT molecular complexity index is 396. The van der Waals surface area contributed by atoms with Gasteiger partial charge in [0.1, 0.15) is 0 Å². The summed E-state index contributed by atoms with van der Waals surface area (Å²) < 4.78 is 0. The molecule has 2 N–H and O–H groups in total. The minimum Gasteiger partial charge on any atom is -0.324 e. The molecule has 0 radical (unpaired) electrons. The number of hydrogen-bond acceptors (Lipinski definition) is 1. The Labute approximate surface area is 124 Å². The highest BCUT2D eigenvalue weighted by molar-refractivity contribution is 5.28. The molecule has 1 unspecified atom stereocenters. The van der Waals surface area contributed by atoms with Crippen LogP contribution >= 0.6 is 0 Å². The van der Waals surface area contributed by atoms with Crippen LogP contribution in [0.4, 0.5) is 0 Å². The van der Waals surface area contributed by atoms with Crippen molar-refractivity contribution in [1.29, 1.82) is 0 Å². The average Bonchev–Trinajstić information content (AvgIpc) is 2.66. The maximum absolute atomic E-state index is 6.45. The first-order valence-electron chi connectivity index (χ1n) is 8.68. The predicted octanol–water partition coefficient (Wildman–Crippen LogP) is 5.31. The fourth-order valence-electron chi connectivity index (χ4n) is 3.85. The lowest BCUT2D eigenvalue weighted by molar-refractivity contribution is 0.392. The van der Waals surface area contributed by atoms with Crippen molar-refractivity contribution in [2.75, 3.05) is 0 Å². The van der Waals surface area contributed by atoms with Crippen LogP contribution in [0.5, 0.6) is 0 Å². The standard InChI is InChI=1S/C19H29N/c20-19(14-15-6-3-1-2-4-7-15)18-12-10-17(11-13-18)16-8-5-9-16/h10-13,15-16,19H,1-9,14,20H2. The molecule has 2 saturated carbocycles. The van der Waals surface area contributed by atoms with Crippen molar-refractivity contribution in [3.63, 3.8) is 0 Å². The third-order valence-corrected chi connectivity index (χ3v) is 5.50. The van der Waals surface area contributed by atoms with Crippen molar-refractivity contribution >= 4 is 0 Å². The van der Waals surface area contributed by atoms with Gasteiger partial charge in [0.15, 0.2) is 0 Å². The number of hydrogen-bond donors (Lipinski definition) is 1. The quantitative estimate of drug-likeness (QED) is 0.737. The largest absolute Gasteiger partial charge is 0.324 e. The topological polar surface area (TPSA) is 26.0 Å². The van der Waals surface area contributed by atoms with Gasteiger partial charge in [-0.25, -0.2) is 0 Å². The SMILES string of the molecule is NC(CC1CCCCCC1)c1ccc(C2CCC2)cc1. The molecule has 2 fully saturated rings. The molecule has 0 aromatic heterocycles. The van der Waals surface area contributed by atoms with Crippen molar-refractivity contribution in [3.8, 4) is 0 Å². The molecule has 0 saturated heterocycles. The van der Waals surface area contributed by atoms with Crippen LogP contribution in [-0.4, -0.2) is 0 Å². The second kappa shape index (κ2) is 6.76. The van der Waals surface area contributed by atoms with Crippen LogP contribution < -0.4 is 5.73 Å². The Kier molecular flexibility index (Phi) is 4.77. The van der Waals surface area contributed by atoms with Gasteiger partial charge in [-0.2, -0.15) is 0 Å². The van der Waals surface area contributed by atoms with Gasteiger partial charge >= 0.3 is 0 Å². The van der Waals surface area contributed by atoms with Gasteiger partial charge in [-0.05, 0) is 42.2 Å². The van der Waals surface area contributed by atoms with Crippen LogP contribution in [0.15, 0.2) is 24.3 Å². The Morgan fingerprint density at radius 2 is 1.50 bits per heavy atom. The molecular formula is C19H29N. The van der Waals surface area contributed by atoms with Gasteiger partial charge < -0.3 is 5.73 Å². The van der Waals surface area contributed by atoms with Gasteiger partial charge in [-0.15, -0.1) is 0 Å². The van der Waals surface area contributed by atoms with Crippen molar-refractivity contribution in [1.82, 2.24) is 0 Å². The molecule has 1 nitrogen and oxygen atoms in total. The molecule has 0 aliphatic heterocycles. The lowest BCUT2D eigenvalue weighted by Crippen LogP contribution is -2.16. The summed E-state index contributed by atoms with van der Waals surface area (Å²) in [5.74, 6) is 1.70. The lowest BCUT2D eigenvalue weighted by atomic mass is 9.79. The fraction of sp³-hybridized carbons (Fsp3) is 0.684. The summed E-state index contributed by atoms with van der Waals surface area (Å²) in [5.41, 5.74) is 9.32. The van der Waals surface area contributed by atoms with Crippen molar-refractivity contribution in [2.24, 2.45) is 11.7 Å². The monoisotopic (exact) mass is 271 g/mol. The molecule has 0 heterocycles. The van der Waals surface area contributed by atoms with E-state index < -0.39 is 0 Å². The fourth-order valence-corrected chi connectivity index (χ4v) is 3.85. The smallest absolute Gasteiger partial charge is 0.0297 e. The zero-order valence-corrected chi connectivity index (χ0v) is 12.7. The Morgan fingerprint density at radius 1 is 0.850 bits per heavy atom. The van der Waals surface area contributed by atoms with E-state index >= 15 is 0 Å². The molecule has 1 atom stereocenters. The van der Waals surface area contributed by atoms with Gasteiger partial charge in [-0.1, -0.05) is 69.2 Å². The number of nitrogens with two attached hydrogens (primary N) is 1. The molecule has 110 valence electrons. The summed E-state index contributed by atoms with van der Waals surface area (Å²) in [7, 11) is 0. The van der Waals surface area contributed by atoms with E-state index in [-0.39, 0.29) is 6.04 Å². The first kappa shape index (κ1) is 14.1. The van der Waals surface area contributed by atoms with Crippen LogP contribution in [0.1, 0.15) is 87.3 Å². The van der Waals surface area contributed by atoms with Gasteiger partial charge in [0.2, 0.25) is 0 Å². The van der Waals surface area contributed by atoms with E-state index in [4.69, 9.17) is 5.73 Å². The molecular weight excluding hydrogens is 242 g/mol. The van der Waals surface area contributed by atoms with Crippen LogP contribution in [0.25, 0.3) is 0 Å². The second-order valence-corrected chi connectivity index (χ2v) is 6.99. The summed E-state index contributed by atoms with van der Waals surface area (Å²) in [5, 5.41) is 0. The van der Waals surface area contributed by atoms with Crippen LogP contribution in [0.2, 0.25) is 0 Å². The highest BCUT2D eigenvalue weighted by Crippen LogP contribution is 2.37. The van der Waals surface area contributed by atoms with Crippen molar-refractivity contribution < 1.29 is 0 Å². The molecule has 1 aromatic rings. The Balaban J connectivity index is 1.56. The van der Waals surface area contributed by atoms with E-state index in [9.17, 15) is 0 Å². The van der Waals surface area contributed by atoms with Gasteiger partial charge in [0.25, 0.3) is 0 Å². The first-order chi connectivity index (χ1) is 9.83. The third-order valence-electron chi connectivity index (χ3n) is 5.50. The Morgan fingerprint density at radius 3 is 2.05 bits per heavy atom. The molecule has 0 amide bonds. The molecule has 3 rings (SSSR count). The first-order valence-corrected chi connectivity index (χ1v) is 8.68. The number of benzene rings is 1. The summed E-state index contributed by atoms with van der Waals surface area (Å²) in [6.45, 7) is 0. The normalized spacial score (nSPS) is 23.1. The predicted molar refractivity (Wildman–Crippen MR) is 85.8 cm³/mol. The van der Waals surface area contributed by atoms with Gasteiger partial charge in [0.05, 0.1) is 0 Å². The van der Waals surface area contributed by atoms with Crippen LogP contribution in [0.3, 0.4) is 0 Å². The second-order valence-electron chi connectivity index (χ2n) is 6.99. The average molecular weight is 271 g/mol. The minimum atomic E-state index is 0.244. The zero-order valence-electron chi connectivity index (χ0n) is 12.7. The third kappa shape index (κ3) is 3.44. The van der Waals surface area contributed by atoms with E-state index in [0.29, 0.717) is 0 Å². The van der Waals surface area contributed by atoms with Crippen molar-refractivity contribution in [2.45, 2.75) is 76.2 Å². The lowest BCUT2D eigenvalue weighted by Gasteiger charge is -2.26. The maximum Gasteiger partial charge on any atom is 0.0297 e. The van der Waals surface area contributed by atoms with E-state index in [1.165, 1.54) is 75.3 Å². The molecule has 0 spiro atoms. The van der Waals surface area contributed by atoms with E-state index in [1.54, 1.807) is 0 Å². The summed E-state index contributed by atoms with van der Waals surface area (Å²) >= 11 is 0. The van der Waals surface area contributed by atoms with Gasteiger partial charge in [-0.3, -0.25) is 0 Å². The molecule has 20 heavy (non-hydrogen) atoms. The van der Waals surface area contributed by atoms with E-state index in [2.05, 4.69) is 24.3 Å². The van der Waals surface area contributed by atoms with Crippen LogP contribution in [0, 0.1) is 5.92 Å². The van der Waals surface area contributed by atoms with Gasteiger partial charge in [0, 0.05) is 6.04 Å². The minimum absolute atomic E-state index is 0.244. The molecule has 0 bridgehead atoms. The summed E-state index contributed by atoms with van der Waals surface area (Å²) in [4.78, 5) is 0.